The Balaban J connectivity index is 2.84. The number of thiazole rings is 1. The second kappa shape index (κ2) is 6.65. The summed E-state index contributed by atoms with van der Waals surface area (Å²) >= 11 is 6.37. The molecule has 1 aromatic heterocycles. The van der Waals surface area contributed by atoms with E-state index in [1.54, 1.807) is 18.4 Å². The standard InChI is InChI=1S/C11H15NO4S2/c1-3-16-10(15)9-7(2)12(11(17)18-9)6-4-5-8(13)14/h3-6H2,1-2H3,(H,13,14). The van der Waals surface area contributed by atoms with E-state index < -0.39 is 5.97 Å². The van der Waals surface area contributed by atoms with Gasteiger partial charge in [-0.2, -0.15) is 0 Å². The number of aromatic nitrogens is 1. The second-order valence-corrected chi connectivity index (χ2v) is 5.30. The molecular formula is C11H15NO4S2. The van der Waals surface area contributed by atoms with E-state index in [1.807, 2.05) is 0 Å². The normalized spacial score (nSPS) is 10.3. The molecule has 100 valence electrons. The monoisotopic (exact) mass is 289 g/mol. The van der Waals surface area contributed by atoms with Crippen molar-refractivity contribution in [3.8, 4) is 0 Å². The molecule has 0 atom stereocenters. The zero-order valence-corrected chi connectivity index (χ0v) is 11.9. The molecule has 0 unspecified atom stereocenters. The molecule has 18 heavy (non-hydrogen) atoms. The van der Waals surface area contributed by atoms with E-state index in [0.717, 1.165) is 5.69 Å². The van der Waals surface area contributed by atoms with Crippen molar-refractivity contribution in [3.05, 3.63) is 14.5 Å². The minimum Gasteiger partial charge on any atom is -0.481 e. The zero-order chi connectivity index (χ0) is 13.7. The largest absolute Gasteiger partial charge is 0.481 e. The minimum absolute atomic E-state index is 0.0891. The van der Waals surface area contributed by atoms with E-state index in [-0.39, 0.29) is 12.4 Å². The van der Waals surface area contributed by atoms with Gasteiger partial charge in [0.2, 0.25) is 0 Å². The summed E-state index contributed by atoms with van der Waals surface area (Å²) in [5.41, 5.74) is 0.744. The van der Waals surface area contributed by atoms with Gasteiger partial charge in [-0.25, -0.2) is 4.79 Å². The van der Waals surface area contributed by atoms with Gasteiger partial charge in [0.15, 0.2) is 3.95 Å². The number of carbonyl (C=O) groups is 2. The van der Waals surface area contributed by atoms with Crippen molar-refractivity contribution in [2.75, 3.05) is 6.61 Å². The third-order valence-corrected chi connectivity index (χ3v) is 3.91. The lowest BCUT2D eigenvalue weighted by molar-refractivity contribution is -0.137. The number of hydrogen-bond acceptors (Lipinski definition) is 5. The average Bonchev–Trinajstić information content (AvgIpc) is 2.56. The van der Waals surface area contributed by atoms with Crippen LogP contribution in [0.5, 0.6) is 0 Å². The first-order chi connectivity index (χ1) is 8.47. The number of ether oxygens (including phenoxy) is 1. The molecule has 7 heteroatoms. The molecule has 0 aliphatic carbocycles. The first-order valence-electron chi connectivity index (χ1n) is 5.56. The van der Waals surface area contributed by atoms with Crippen LogP contribution in [0.25, 0.3) is 0 Å². The number of esters is 1. The molecule has 0 bridgehead atoms. The minimum atomic E-state index is -0.833. The van der Waals surface area contributed by atoms with Crippen LogP contribution in [0, 0.1) is 10.9 Å². The Morgan fingerprint density at radius 3 is 2.72 bits per heavy atom. The maximum absolute atomic E-state index is 11.6. The summed E-state index contributed by atoms with van der Waals surface area (Å²) in [7, 11) is 0. The molecule has 0 radical (unpaired) electrons. The van der Waals surface area contributed by atoms with E-state index in [1.165, 1.54) is 11.3 Å². The van der Waals surface area contributed by atoms with Gasteiger partial charge in [-0.15, -0.1) is 0 Å². The first kappa shape index (κ1) is 14.8. The van der Waals surface area contributed by atoms with Gasteiger partial charge < -0.3 is 14.4 Å². The molecule has 0 aliphatic heterocycles. The first-order valence-corrected chi connectivity index (χ1v) is 6.79. The summed E-state index contributed by atoms with van der Waals surface area (Å²) < 4.78 is 7.29. The van der Waals surface area contributed by atoms with Gasteiger partial charge in [0.25, 0.3) is 0 Å². The van der Waals surface area contributed by atoms with Gasteiger partial charge >= 0.3 is 11.9 Å². The van der Waals surface area contributed by atoms with E-state index in [0.29, 0.717) is 28.4 Å². The van der Waals surface area contributed by atoms with Gasteiger partial charge in [0, 0.05) is 18.7 Å². The van der Waals surface area contributed by atoms with E-state index >= 15 is 0 Å². The number of nitrogens with zero attached hydrogens (tertiary/aromatic N) is 1. The number of hydrogen-bond donors (Lipinski definition) is 1. The van der Waals surface area contributed by atoms with Gasteiger partial charge in [-0.05, 0) is 32.5 Å². The highest BCUT2D eigenvalue weighted by Gasteiger charge is 2.16. The second-order valence-electron chi connectivity index (χ2n) is 3.65. The molecular weight excluding hydrogens is 274 g/mol. The van der Waals surface area contributed by atoms with Crippen LogP contribution in [-0.4, -0.2) is 28.2 Å². The molecule has 1 N–H and O–H groups in total. The number of carboxylic acid groups (broad SMARTS) is 1. The molecule has 1 heterocycles. The van der Waals surface area contributed by atoms with Gasteiger partial charge in [0.1, 0.15) is 4.88 Å². The zero-order valence-electron chi connectivity index (χ0n) is 10.3. The van der Waals surface area contributed by atoms with E-state index in [9.17, 15) is 9.59 Å². The fraction of sp³-hybridized carbons (Fsp3) is 0.545. The molecule has 0 saturated carbocycles. The van der Waals surface area contributed by atoms with Gasteiger partial charge in [-0.1, -0.05) is 11.3 Å². The molecule has 1 rings (SSSR count). The summed E-state index contributed by atoms with van der Waals surface area (Å²) in [6, 6.07) is 0. The van der Waals surface area contributed by atoms with Crippen LogP contribution >= 0.6 is 23.6 Å². The summed E-state index contributed by atoms with van der Waals surface area (Å²) in [4.78, 5) is 22.6. The molecule has 0 saturated heterocycles. The third-order valence-electron chi connectivity index (χ3n) is 2.38. The van der Waals surface area contributed by atoms with E-state index in [2.05, 4.69) is 0 Å². The Labute approximate surface area is 114 Å². The molecule has 0 spiro atoms. The number of rotatable bonds is 6. The lowest BCUT2D eigenvalue weighted by atomic mass is 10.3. The van der Waals surface area contributed by atoms with Crippen LogP contribution in [0.2, 0.25) is 0 Å². The highest BCUT2D eigenvalue weighted by molar-refractivity contribution is 7.73. The molecule has 0 aromatic carbocycles. The quantitative estimate of drug-likeness (QED) is 0.644. The van der Waals surface area contributed by atoms with Crippen LogP contribution in [0.15, 0.2) is 0 Å². The molecule has 0 fully saturated rings. The fourth-order valence-electron chi connectivity index (χ4n) is 1.51. The Bertz CT molecular complexity index is 504. The molecule has 0 amide bonds. The van der Waals surface area contributed by atoms with Crippen molar-refractivity contribution in [2.45, 2.75) is 33.2 Å². The van der Waals surface area contributed by atoms with Crippen molar-refractivity contribution in [3.63, 3.8) is 0 Å². The Morgan fingerprint density at radius 1 is 1.50 bits per heavy atom. The van der Waals surface area contributed by atoms with Crippen molar-refractivity contribution in [1.82, 2.24) is 4.57 Å². The number of carbonyl (C=O) groups excluding carboxylic acids is 1. The highest BCUT2D eigenvalue weighted by Crippen LogP contribution is 2.20. The molecule has 1 aromatic rings. The third kappa shape index (κ3) is 3.64. The molecule has 5 nitrogen and oxygen atoms in total. The summed E-state index contributed by atoms with van der Waals surface area (Å²) in [5.74, 6) is -1.21. The van der Waals surface area contributed by atoms with Gasteiger partial charge in [0.05, 0.1) is 6.61 Å². The van der Waals surface area contributed by atoms with Crippen LogP contribution in [-0.2, 0) is 16.1 Å². The Hall–Kier alpha value is -1.21. The van der Waals surface area contributed by atoms with E-state index in [4.69, 9.17) is 22.1 Å². The fourth-order valence-corrected chi connectivity index (χ4v) is 2.90. The highest BCUT2D eigenvalue weighted by atomic mass is 32.1. The topological polar surface area (TPSA) is 68.5 Å². The van der Waals surface area contributed by atoms with Crippen LogP contribution in [0.4, 0.5) is 0 Å². The summed E-state index contributed by atoms with van der Waals surface area (Å²) in [6.45, 7) is 4.37. The summed E-state index contributed by atoms with van der Waals surface area (Å²) in [6.07, 6.45) is 0.579. The van der Waals surface area contributed by atoms with Crippen molar-refractivity contribution < 1.29 is 19.4 Å². The van der Waals surface area contributed by atoms with Crippen molar-refractivity contribution in [1.29, 1.82) is 0 Å². The van der Waals surface area contributed by atoms with Crippen molar-refractivity contribution >= 4 is 35.5 Å². The molecule has 0 aliphatic rings. The lowest BCUT2D eigenvalue weighted by Gasteiger charge is -2.05. The maximum Gasteiger partial charge on any atom is 0.350 e. The number of aliphatic carboxylic acids is 1. The van der Waals surface area contributed by atoms with Crippen LogP contribution < -0.4 is 0 Å². The smallest absolute Gasteiger partial charge is 0.350 e. The lowest BCUT2D eigenvalue weighted by Crippen LogP contribution is -2.08. The SMILES string of the molecule is CCOC(=O)c1sc(=S)n(CCCC(=O)O)c1C. The van der Waals surface area contributed by atoms with Gasteiger partial charge in [-0.3, -0.25) is 4.79 Å². The Morgan fingerprint density at radius 2 is 2.17 bits per heavy atom. The average molecular weight is 289 g/mol. The van der Waals surface area contributed by atoms with Crippen LogP contribution in [0.1, 0.15) is 35.1 Å². The van der Waals surface area contributed by atoms with Crippen molar-refractivity contribution in [2.24, 2.45) is 0 Å². The predicted octanol–water partition coefficient (Wildman–Crippen LogP) is 2.63. The summed E-state index contributed by atoms with van der Waals surface area (Å²) in [5, 5.41) is 8.59. The maximum atomic E-state index is 11.6. The number of carboxylic acids is 1. The predicted molar refractivity (Wildman–Crippen MR) is 70.7 cm³/mol. The van der Waals surface area contributed by atoms with Crippen LogP contribution in [0.3, 0.4) is 0 Å². The Kier molecular flexibility index (Phi) is 5.49.